The Balaban J connectivity index is 2.12. The summed E-state index contributed by atoms with van der Waals surface area (Å²) in [5.74, 6) is 0.171. The van der Waals surface area contributed by atoms with E-state index in [1.165, 1.54) is 12.8 Å². The van der Waals surface area contributed by atoms with E-state index < -0.39 is 0 Å². The lowest BCUT2D eigenvalue weighted by Gasteiger charge is -2.35. The van der Waals surface area contributed by atoms with Crippen LogP contribution in [0.25, 0.3) is 0 Å². The van der Waals surface area contributed by atoms with Crippen LogP contribution < -0.4 is 5.73 Å². The van der Waals surface area contributed by atoms with Crippen molar-refractivity contribution < 1.29 is 4.79 Å². The number of nitrogens with two attached hydrogens (primary N) is 1. The molecule has 1 atom stereocenters. The second-order valence-electron chi connectivity index (χ2n) is 4.59. The summed E-state index contributed by atoms with van der Waals surface area (Å²) in [5, 5.41) is 0. The number of rotatable bonds is 1. The first kappa shape index (κ1) is 9.00. The Labute approximate surface area is 79.3 Å². The molecule has 13 heavy (non-hydrogen) atoms. The normalized spacial score (nSPS) is 32.9. The van der Waals surface area contributed by atoms with Gasteiger partial charge < -0.3 is 10.6 Å². The molecule has 1 aliphatic heterocycles. The molecular weight excluding hydrogens is 164 g/mol. The average molecular weight is 182 g/mol. The second-order valence-corrected chi connectivity index (χ2v) is 4.59. The number of amides is 1. The fourth-order valence-corrected chi connectivity index (χ4v) is 2.64. The van der Waals surface area contributed by atoms with Crippen LogP contribution in [0.1, 0.15) is 39.0 Å². The standard InChI is InChI=1S/C10H18N2O/c1-10(5-2-3-6-10)12-7-4-8(11)9(12)13/h8H,2-7,11H2,1H3. The molecule has 0 aromatic carbocycles. The van der Waals surface area contributed by atoms with Crippen LogP contribution in [0.3, 0.4) is 0 Å². The summed E-state index contributed by atoms with van der Waals surface area (Å²) in [4.78, 5) is 13.7. The fraction of sp³-hybridized carbons (Fsp3) is 0.900. The number of hydrogen-bond acceptors (Lipinski definition) is 2. The van der Waals surface area contributed by atoms with Crippen LogP contribution in [0.2, 0.25) is 0 Å². The van der Waals surface area contributed by atoms with Gasteiger partial charge in [-0.05, 0) is 26.2 Å². The first-order valence-electron chi connectivity index (χ1n) is 5.20. The van der Waals surface area contributed by atoms with E-state index in [0.29, 0.717) is 0 Å². The van der Waals surface area contributed by atoms with Crippen molar-refractivity contribution in [2.75, 3.05) is 6.54 Å². The first-order chi connectivity index (χ1) is 6.13. The molecule has 0 spiro atoms. The van der Waals surface area contributed by atoms with Crippen LogP contribution in [-0.4, -0.2) is 28.9 Å². The zero-order valence-corrected chi connectivity index (χ0v) is 8.25. The quantitative estimate of drug-likeness (QED) is 0.654. The molecule has 0 aromatic heterocycles. The number of nitrogens with zero attached hydrogens (tertiary/aromatic N) is 1. The van der Waals surface area contributed by atoms with Gasteiger partial charge in [0.15, 0.2) is 0 Å². The summed E-state index contributed by atoms with van der Waals surface area (Å²) >= 11 is 0. The van der Waals surface area contributed by atoms with Crippen LogP contribution in [0, 0.1) is 0 Å². The Morgan fingerprint density at radius 3 is 2.54 bits per heavy atom. The number of hydrogen-bond donors (Lipinski definition) is 1. The lowest BCUT2D eigenvalue weighted by atomic mass is 9.98. The summed E-state index contributed by atoms with van der Waals surface area (Å²) < 4.78 is 0. The Hall–Kier alpha value is -0.570. The Morgan fingerprint density at radius 1 is 1.46 bits per heavy atom. The summed E-state index contributed by atoms with van der Waals surface area (Å²) in [7, 11) is 0. The molecular formula is C10H18N2O. The van der Waals surface area contributed by atoms with Crippen LogP contribution in [-0.2, 0) is 4.79 Å². The molecule has 0 bridgehead atoms. The van der Waals surface area contributed by atoms with Gasteiger partial charge in [0.2, 0.25) is 5.91 Å². The van der Waals surface area contributed by atoms with Crippen molar-refractivity contribution in [3.63, 3.8) is 0 Å². The topological polar surface area (TPSA) is 46.3 Å². The predicted molar refractivity (Wildman–Crippen MR) is 51.2 cm³/mol. The Kier molecular flexibility index (Phi) is 2.06. The van der Waals surface area contributed by atoms with E-state index in [1.807, 2.05) is 4.90 Å². The third-order valence-electron chi connectivity index (χ3n) is 3.58. The monoisotopic (exact) mass is 182 g/mol. The lowest BCUT2D eigenvalue weighted by Crippen LogP contribution is -2.47. The van der Waals surface area contributed by atoms with E-state index in [4.69, 9.17) is 5.73 Å². The van der Waals surface area contributed by atoms with Crippen molar-refractivity contribution in [2.45, 2.75) is 50.6 Å². The summed E-state index contributed by atoms with van der Waals surface area (Å²) in [5.41, 5.74) is 5.83. The van der Waals surface area contributed by atoms with Crippen molar-refractivity contribution in [3.8, 4) is 0 Å². The molecule has 1 saturated heterocycles. The molecule has 1 heterocycles. The van der Waals surface area contributed by atoms with Gasteiger partial charge in [-0.25, -0.2) is 0 Å². The zero-order valence-electron chi connectivity index (χ0n) is 8.25. The smallest absolute Gasteiger partial charge is 0.240 e. The molecule has 3 nitrogen and oxygen atoms in total. The zero-order chi connectivity index (χ0) is 9.47. The Bertz CT molecular complexity index is 221. The van der Waals surface area contributed by atoms with E-state index >= 15 is 0 Å². The fourth-order valence-electron chi connectivity index (χ4n) is 2.64. The van der Waals surface area contributed by atoms with Crippen LogP contribution in [0.4, 0.5) is 0 Å². The molecule has 3 heteroatoms. The highest BCUT2D eigenvalue weighted by molar-refractivity contribution is 5.84. The molecule has 0 radical (unpaired) electrons. The van der Waals surface area contributed by atoms with Gasteiger partial charge in [-0.3, -0.25) is 4.79 Å². The van der Waals surface area contributed by atoms with E-state index in [0.717, 1.165) is 25.8 Å². The molecule has 1 unspecified atom stereocenters. The maximum atomic E-state index is 11.7. The lowest BCUT2D eigenvalue weighted by molar-refractivity contribution is -0.133. The predicted octanol–water partition coefficient (Wildman–Crippen LogP) is 0.879. The third-order valence-corrected chi connectivity index (χ3v) is 3.58. The summed E-state index contributed by atoms with van der Waals surface area (Å²) in [6.45, 7) is 3.08. The van der Waals surface area contributed by atoms with E-state index in [9.17, 15) is 4.79 Å². The summed E-state index contributed by atoms with van der Waals surface area (Å²) in [6, 6.07) is -0.225. The van der Waals surface area contributed by atoms with Crippen molar-refractivity contribution >= 4 is 5.91 Å². The molecule has 0 aromatic rings. The van der Waals surface area contributed by atoms with Gasteiger partial charge in [0.25, 0.3) is 0 Å². The minimum atomic E-state index is -0.225. The highest BCUT2D eigenvalue weighted by Crippen LogP contribution is 2.36. The number of carbonyl (C=O) groups excluding carboxylic acids is 1. The van der Waals surface area contributed by atoms with E-state index in [2.05, 4.69) is 6.92 Å². The number of likely N-dealkylation sites (tertiary alicyclic amines) is 1. The van der Waals surface area contributed by atoms with Crippen molar-refractivity contribution in [2.24, 2.45) is 5.73 Å². The molecule has 1 saturated carbocycles. The maximum absolute atomic E-state index is 11.7. The average Bonchev–Trinajstić information content (AvgIpc) is 2.63. The van der Waals surface area contributed by atoms with Gasteiger partial charge >= 0.3 is 0 Å². The van der Waals surface area contributed by atoms with Gasteiger partial charge in [-0.1, -0.05) is 12.8 Å². The maximum Gasteiger partial charge on any atom is 0.240 e. The van der Waals surface area contributed by atoms with Gasteiger partial charge in [-0.15, -0.1) is 0 Å². The molecule has 2 fully saturated rings. The van der Waals surface area contributed by atoms with Crippen molar-refractivity contribution in [1.82, 2.24) is 4.90 Å². The van der Waals surface area contributed by atoms with Crippen LogP contribution in [0.5, 0.6) is 0 Å². The van der Waals surface area contributed by atoms with E-state index in [1.54, 1.807) is 0 Å². The first-order valence-corrected chi connectivity index (χ1v) is 5.20. The largest absolute Gasteiger partial charge is 0.336 e. The molecule has 2 rings (SSSR count). The highest BCUT2D eigenvalue weighted by atomic mass is 16.2. The second kappa shape index (κ2) is 2.98. The van der Waals surface area contributed by atoms with Gasteiger partial charge in [-0.2, -0.15) is 0 Å². The molecule has 1 aliphatic carbocycles. The number of carbonyl (C=O) groups is 1. The molecule has 1 amide bonds. The van der Waals surface area contributed by atoms with Gasteiger partial charge in [0.05, 0.1) is 6.04 Å². The van der Waals surface area contributed by atoms with Gasteiger partial charge in [0.1, 0.15) is 0 Å². The highest BCUT2D eigenvalue weighted by Gasteiger charge is 2.42. The molecule has 74 valence electrons. The van der Waals surface area contributed by atoms with Gasteiger partial charge in [0, 0.05) is 12.1 Å². The molecule has 2 aliphatic rings. The van der Waals surface area contributed by atoms with Crippen molar-refractivity contribution in [3.05, 3.63) is 0 Å². The van der Waals surface area contributed by atoms with Crippen LogP contribution >= 0.6 is 0 Å². The SMILES string of the molecule is CC1(N2CCC(N)C2=O)CCCC1. The molecule has 2 N–H and O–H groups in total. The minimum Gasteiger partial charge on any atom is -0.336 e. The third kappa shape index (κ3) is 1.35. The Morgan fingerprint density at radius 2 is 2.08 bits per heavy atom. The van der Waals surface area contributed by atoms with Crippen molar-refractivity contribution in [1.29, 1.82) is 0 Å². The minimum absolute atomic E-state index is 0.130. The summed E-state index contributed by atoms with van der Waals surface area (Å²) in [6.07, 6.45) is 5.68. The van der Waals surface area contributed by atoms with Crippen LogP contribution in [0.15, 0.2) is 0 Å². The van der Waals surface area contributed by atoms with E-state index in [-0.39, 0.29) is 17.5 Å².